The SMILES string of the molecule is NNC(=O)[C@@]12CCOC[C@@H]1CNC2. The van der Waals surface area contributed by atoms with Crippen molar-refractivity contribution in [3.8, 4) is 0 Å². The molecule has 5 heteroatoms. The van der Waals surface area contributed by atoms with Gasteiger partial charge in [0.1, 0.15) is 0 Å². The van der Waals surface area contributed by atoms with E-state index in [4.69, 9.17) is 10.6 Å². The van der Waals surface area contributed by atoms with Gasteiger partial charge in [-0.25, -0.2) is 5.84 Å². The third-order valence-electron chi connectivity index (χ3n) is 3.21. The van der Waals surface area contributed by atoms with Crippen LogP contribution in [0.2, 0.25) is 0 Å². The molecule has 13 heavy (non-hydrogen) atoms. The molecule has 2 aliphatic heterocycles. The van der Waals surface area contributed by atoms with Crippen molar-refractivity contribution in [2.45, 2.75) is 6.42 Å². The minimum Gasteiger partial charge on any atom is -0.381 e. The van der Waals surface area contributed by atoms with Gasteiger partial charge in [-0.05, 0) is 6.42 Å². The smallest absolute Gasteiger partial charge is 0.241 e. The quantitative estimate of drug-likeness (QED) is 0.267. The fourth-order valence-corrected chi connectivity index (χ4v) is 2.32. The predicted octanol–water partition coefficient (Wildman–Crippen LogP) is -1.40. The van der Waals surface area contributed by atoms with Crippen LogP contribution in [0, 0.1) is 11.3 Å². The highest BCUT2D eigenvalue weighted by Gasteiger charge is 2.50. The Labute approximate surface area is 77.0 Å². The Morgan fingerprint density at radius 1 is 1.69 bits per heavy atom. The van der Waals surface area contributed by atoms with Gasteiger partial charge in [-0.2, -0.15) is 0 Å². The molecule has 2 saturated heterocycles. The van der Waals surface area contributed by atoms with Gasteiger partial charge in [0.15, 0.2) is 0 Å². The lowest BCUT2D eigenvalue weighted by Crippen LogP contribution is -2.52. The van der Waals surface area contributed by atoms with E-state index in [2.05, 4.69) is 10.7 Å². The Hall–Kier alpha value is -0.650. The molecule has 2 rings (SSSR count). The highest BCUT2D eigenvalue weighted by atomic mass is 16.5. The molecule has 0 spiro atoms. The molecule has 1 amide bonds. The van der Waals surface area contributed by atoms with Crippen LogP contribution < -0.4 is 16.6 Å². The summed E-state index contributed by atoms with van der Waals surface area (Å²) >= 11 is 0. The lowest BCUT2D eigenvalue weighted by molar-refractivity contribution is -0.139. The summed E-state index contributed by atoms with van der Waals surface area (Å²) in [4.78, 5) is 11.6. The van der Waals surface area contributed by atoms with E-state index >= 15 is 0 Å². The third kappa shape index (κ3) is 1.23. The molecule has 0 aromatic rings. The summed E-state index contributed by atoms with van der Waals surface area (Å²) < 4.78 is 5.34. The lowest BCUT2D eigenvalue weighted by Gasteiger charge is -2.36. The third-order valence-corrected chi connectivity index (χ3v) is 3.21. The summed E-state index contributed by atoms with van der Waals surface area (Å²) in [6.07, 6.45) is 0.772. The molecule has 0 unspecified atom stereocenters. The number of hydrazine groups is 1. The van der Waals surface area contributed by atoms with E-state index in [1.807, 2.05) is 0 Å². The number of amides is 1. The number of ether oxygens (including phenoxy) is 1. The fraction of sp³-hybridized carbons (Fsp3) is 0.875. The minimum atomic E-state index is -0.312. The van der Waals surface area contributed by atoms with Crippen molar-refractivity contribution in [2.75, 3.05) is 26.3 Å². The van der Waals surface area contributed by atoms with Crippen LogP contribution in [-0.2, 0) is 9.53 Å². The molecule has 4 N–H and O–H groups in total. The first-order valence-corrected chi connectivity index (χ1v) is 4.59. The van der Waals surface area contributed by atoms with Crippen molar-refractivity contribution in [1.82, 2.24) is 10.7 Å². The van der Waals surface area contributed by atoms with Crippen LogP contribution in [0.15, 0.2) is 0 Å². The van der Waals surface area contributed by atoms with E-state index in [0.29, 0.717) is 13.2 Å². The van der Waals surface area contributed by atoms with Gasteiger partial charge in [-0.1, -0.05) is 0 Å². The van der Waals surface area contributed by atoms with Crippen molar-refractivity contribution in [3.63, 3.8) is 0 Å². The average molecular weight is 185 g/mol. The topological polar surface area (TPSA) is 76.4 Å². The molecule has 0 saturated carbocycles. The molecule has 0 bridgehead atoms. The molecule has 0 aromatic carbocycles. The molecule has 5 nitrogen and oxygen atoms in total. The second-order valence-corrected chi connectivity index (χ2v) is 3.78. The van der Waals surface area contributed by atoms with E-state index in [0.717, 1.165) is 19.5 Å². The Morgan fingerprint density at radius 2 is 2.54 bits per heavy atom. The van der Waals surface area contributed by atoms with Crippen LogP contribution in [0.3, 0.4) is 0 Å². The lowest BCUT2D eigenvalue weighted by atomic mass is 9.74. The number of rotatable bonds is 1. The first kappa shape index (κ1) is 8.93. The monoisotopic (exact) mass is 185 g/mol. The van der Waals surface area contributed by atoms with Crippen molar-refractivity contribution >= 4 is 5.91 Å². The van der Waals surface area contributed by atoms with E-state index in [9.17, 15) is 4.79 Å². The number of nitrogens with one attached hydrogen (secondary N) is 2. The highest BCUT2D eigenvalue weighted by molar-refractivity contribution is 5.83. The molecule has 0 aliphatic carbocycles. The number of carbonyl (C=O) groups is 1. The van der Waals surface area contributed by atoms with Crippen molar-refractivity contribution < 1.29 is 9.53 Å². The summed E-state index contributed by atoms with van der Waals surface area (Å²) in [5.41, 5.74) is 1.95. The fourth-order valence-electron chi connectivity index (χ4n) is 2.32. The first-order valence-electron chi connectivity index (χ1n) is 4.59. The number of carbonyl (C=O) groups excluding carboxylic acids is 1. The maximum absolute atomic E-state index is 11.6. The summed E-state index contributed by atoms with van der Waals surface area (Å²) in [5, 5.41) is 3.22. The highest BCUT2D eigenvalue weighted by Crippen LogP contribution is 2.38. The largest absolute Gasteiger partial charge is 0.381 e. The average Bonchev–Trinajstić information content (AvgIpc) is 2.61. The molecule has 2 aliphatic rings. The second kappa shape index (κ2) is 3.25. The van der Waals surface area contributed by atoms with Gasteiger partial charge >= 0.3 is 0 Å². The summed E-state index contributed by atoms with van der Waals surface area (Å²) in [6, 6.07) is 0. The normalized spacial score (nSPS) is 38.4. The zero-order chi connectivity index (χ0) is 9.31. The van der Waals surface area contributed by atoms with Crippen LogP contribution >= 0.6 is 0 Å². The molecule has 2 heterocycles. The molecular formula is C8H15N3O2. The summed E-state index contributed by atoms with van der Waals surface area (Å²) in [7, 11) is 0. The summed E-state index contributed by atoms with van der Waals surface area (Å²) in [5.74, 6) is 5.42. The molecule has 74 valence electrons. The van der Waals surface area contributed by atoms with Gasteiger partial charge in [-0.3, -0.25) is 10.2 Å². The van der Waals surface area contributed by atoms with Gasteiger partial charge in [0.2, 0.25) is 5.91 Å². The van der Waals surface area contributed by atoms with Crippen LogP contribution in [-0.4, -0.2) is 32.2 Å². The van der Waals surface area contributed by atoms with Gasteiger partial charge in [0, 0.05) is 25.6 Å². The van der Waals surface area contributed by atoms with Crippen molar-refractivity contribution in [1.29, 1.82) is 0 Å². The number of hydrogen-bond acceptors (Lipinski definition) is 4. The van der Waals surface area contributed by atoms with E-state index in [1.165, 1.54) is 0 Å². The Bertz CT molecular complexity index is 221. The summed E-state index contributed by atoms with van der Waals surface area (Å²) in [6.45, 7) is 2.91. The predicted molar refractivity (Wildman–Crippen MR) is 46.6 cm³/mol. The maximum atomic E-state index is 11.6. The molecule has 2 fully saturated rings. The van der Waals surface area contributed by atoms with E-state index in [-0.39, 0.29) is 17.2 Å². The number of hydrogen-bond donors (Lipinski definition) is 3. The van der Waals surface area contributed by atoms with Crippen molar-refractivity contribution in [2.24, 2.45) is 17.2 Å². The Morgan fingerprint density at radius 3 is 3.31 bits per heavy atom. The van der Waals surface area contributed by atoms with Crippen molar-refractivity contribution in [3.05, 3.63) is 0 Å². The molecule has 0 radical (unpaired) electrons. The molecule has 2 atom stereocenters. The first-order chi connectivity index (χ1) is 6.29. The standard InChI is InChI=1S/C8H15N3O2/c9-11-7(12)8-1-2-13-4-6(8)3-10-5-8/h6,10H,1-5,9H2,(H,11,12)/t6-,8+/m0/s1. The van der Waals surface area contributed by atoms with Gasteiger partial charge in [0.25, 0.3) is 0 Å². The Balaban J connectivity index is 2.20. The van der Waals surface area contributed by atoms with Gasteiger partial charge < -0.3 is 10.1 Å². The minimum absolute atomic E-state index is 0.0502. The van der Waals surface area contributed by atoms with Crippen LogP contribution in [0.4, 0.5) is 0 Å². The zero-order valence-corrected chi connectivity index (χ0v) is 7.51. The molecule has 0 aromatic heterocycles. The van der Waals surface area contributed by atoms with Gasteiger partial charge in [-0.15, -0.1) is 0 Å². The van der Waals surface area contributed by atoms with Gasteiger partial charge in [0.05, 0.1) is 12.0 Å². The zero-order valence-electron chi connectivity index (χ0n) is 7.51. The van der Waals surface area contributed by atoms with Crippen LogP contribution in [0.5, 0.6) is 0 Å². The number of nitrogens with two attached hydrogens (primary N) is 1. The maximum Gasteiger partial charge on any atom is 0.241 e. The van der Waals surface area contributed by atoms with E-state index in [1.54, 1.807) is 0 Å². The number of fused-ring (bicyclic) bond motifs is 1. The molecular weight excluding hydrogens is 170 g/mol. The van der Waals surface area contributed by atoms with Crippen LogP contribution in [0.1, 0.15) is 6.42 Å². The second-order valence-electron chi connectivity index (χ2n) is 3.78. The van der Waals surface area contributed by atoms with Crippen LogP contribution in [0.25, 0.3) is 0 Å². The van der Waals surface area contributed by atoms with E-state index < -0.39 is 0 Å². The Kier molecular flexibility index (Phi) is 2.23.